The average molecular weight is 350 g/mol. The highest BCUT2D eigenvalue weighted by atomic mass is 79.9. The molecule has 0 spiro atoms. The van der Waals surface area contributed by atoms with E-state index in [1.54, 1.807) is 6.07 Å². The fourth-order valence-electron chi connectivity index (χ4n) is 1.85. The summed E-state index contributed by atoms with van der Waals surface area (Å²) in [6, 6.07) is 2.18. The summed E-state index contributed by atoms with van der Waals surface area (Å²) < 4.78 is 24.3. The summed E-state index contributed by atoms with van der Waals surface area (Å²) in [7, 11) is -3.46. The minimum Gasteiger partial charge on any atom is -0.351 e. The van der Waals surface area contributed by atoms with Gasteiger partial charge >= 0.3 is 0 Å². The predicted molar refractivity (Wildman–Crippen MR) is 75.3 cm³/mol. The van der Waals surface area contributed by atoms with Crippen molar-refractivity contribution in [1.82, 2.24) is 9.88 Å². The number of rotatable bonds is 6. The average Bonchev–Trinajstić information content (AvgIpc) is 3.06. The Morgan fingerprint density at radius 2 is 2.21 bits per heavy atom. The number of sulfonamides is 1. The summed E-state index contributed by atoms with van der Waals surface area (Å²) in [4.78, 5) is 12.0. The van der Waals surface area contributed by atoms with E-state index < -0.39 is 10.0 Å². The van der Waals surface area contributed by atoms with Crippen LogP contribution >= 0.6 is 15.9 Å². The van der Waals surface area contributed by atoms with Gasteiger partial charge in [0.05, 0.1) is 5.75 Å². The lowest BCUT2D eigenvalue weighted by molar-refractivity contribution is 0.0944. The predicted octanol–water partition coefficient (Wildman–Crippen LogP) is 0.994. The molecule has 0 bridgehead atoms. The molecule has 8 heteroatoms. The number of carbonyl (C=O) groups is 1. The molecule has 2 rings (SSSR count). The van der Waals surface area contributed by atoms with Gasteiger partial charge in [0.15, 0.2) is 0 Å². The van der Waals surface area contributed by atoms with Crippen LogP contribution in [0.25, 0.3) is 0 Å². The molecule has 6 nitrogen and oxygen atoms in total. The number of hydrogen-bond donors (Lipinski definition) is 2. The molecule has 1 aromatic heterocycles. The first kappa shape index (κ1) is 14.5. The van der Waals surface area contributed by atoms with Crippen LogP contribution in [0.3, 0.4) is 0 Å². The van der Waals surface area contributed by atoms with Gasteiger partial charge in [-0.05, 0) is 41.3 Å². The SMILES string of the molecule is NS(=O)(=O)CCCNC(=O)c1cc(Br)cn1C1CC1. The number of carbonyl (C=O) groups excluding carboxylic acids is 1. The second-order valence-corrected chi connectivity index (χ2v) is 7.31. The first-order chi connectivity index (χ1) is 8.87. The van der Waals surface area contributed by atoms with Crippen molar-refractivity contribution in [1.29, 1.82) is 0 Å². The first-order valence-corrected chi connectivity index (χ1v) is 8.54. The third-order valence-electron chi connectivity index (χ3n) is 2.88. The number of primary sulfonamides is 1. The standard InChI is InChI=1S/C11H16BrN3O3S/c12-8-6-10(15(7-8)9-2-3-9)11(16)14-4-1-5-19(13,17)18/h6-7,9H,1-5H2,(H,14,16)(H2,13,17,18). The largest absolute Gasteiger partial charge is 0.351 e. The van der Waals surface area contributed by atoms with E-state index in [2.05, 4.69) is 21.2 Å². The molecule has 3 N–H and O–H groups in total. The van der Waals surface area contributed by atoms with Gasteiger partial charge < -0.3 is 9.88 Å². The molecule has 0 atom stereocenters. The summed E-state index contributed by atoms with van der Waals surface area (Å²) in [6.45, 7) is 0.294. The van der Waals surface area contributed by atoms with Crippen LogP contribution in [0.4, 0.5) is 0 Å². The smallest absolute Gasteiger partial charge is 0.267 e. The molecule has 1 aliphatic rings. The van der Waals surface area contributed by atoms with E-state index in [0.29, 0.717) is 24.7 Å². The van der Waals surface area contributed by atoms with Crippen LogP contribution in [0.15, 0.2) is 16.7 Å². The summed E-state index contributed by atoms with van der Waals surface area (Å²) >= 11 is 3.36. The highest BCUT2D eigenvalue weighted by Crippen LogP contribution is 2.37. The highest BCUT2D eigenvalue weighted by Gasteiger charge is 2.27. The summed E-state index contributed by atoms with van der Waals surface area (Å²) in [5.41, 5.74) is 0.602. The molecule has 1 aromatic rings. The van der Waals surface area contributed by atoms with Crippen molar-refractivity contribution in [3.8, 4) is 0 Å². The number of hydrogen-bond acceptors (Lipinski definition) is 3. The van der Waals surface area contributed by atoms with Crippen LogP contribution in [0.5, 0.6) is 0 Å². The molecular formula is C11H16BrN3O3S. The van der Waals surface area contributed by atoms with Gasteiger partial charge in [-0.2, -0.15) is 0 Å². The fourth-order valence-corrected chi connectivity index (χ4v) is 2.83. The van der Waals surface area contributed by atoms with E-state index in [-0.39, 0.29) is 11.7 Å². The summed E-state index contributed by atoms with van der Waals surface area (Å²) in [6.07, 6.45) is 4.40. The molecule has 0 aromatic carbocycles. The Kier molecular flexibility index (Phi) is 4.32. The molecule has 1 amide bonds. The van der Waals surface area contributed by atoms with Gasteiger partial charge in [-0.1, -0.05) is 0 Å². The van der Waals surface area contributed by atoms with E-state index in [0.717, 1.165) is 17.3 Å². The zero-order chi connectivity index (χ0) is 14.0. The number of amides is 1. The number of nitrogens with zero attached hydrogens (tertiary/aromatic N) is 1. The van der Waals surface area contributed by atoms with Gasteiger partial charge in [0, 0.05) is 23.3 Å². The third kappa shape index (κ3) is 4.32. The Labute approximate surface area is 120 Å². The molecule has 0 saturated heterocycles. The number of halogens is 1. The number of nitrogens with one attached hydrogen (secondary N) is 1. The Bertz CT molecular complexity index is 578. The van der Waals surface area contributed by atoms with E-state index in [9.17, 15) is 13.2 Å². The normalized spacial score (nSPS) is 15.5. The van der Waals surface area contributed by atoms with Crippen LogP contribution in [0, 0.1) is 0 Å². The Hall–Kier alpha value is -0.860. The zero-order valence-corrected chi connectivity index (χ0v) is 12.7. The highest BCUT2D eigenvalue weighted by molar-refractivity contribution is 9.10. The van der Waals surface area contributed by atoms with Crippen molar-refractivity contribution in [2.24, 2.45) is 5.14 Å². The van der Waals surface area contributed by atoms with Crippen molar-refractivity contribution >= 4 is 31.9 Å². The molecule has 1 saturated carbocycles. The van der Waals surface area contributed by atoms with E-state index in [4.69, 9.17) is 5.14 Å². The molecular weight excluding hydrogens is 334 g/mol. The molecule has 0 aliphatic heterocycles. The van der Waals surface area contributed by atoms with Crippen molar-refractivity contribution in [3.63, 3.8) is 0 Å². The molecule has 0 radical (unpaired) electrons. The van der Waals surface area contributed by atoms with Gasteiger partial charge in [-0.15, -0.1) is 0 Å². The zero-order valence-electron chi connectivity index (χ0n) is 10.3. The maximum atomic E-state index is 12.0. The second kappa shape index (κ2) is 5.64. The van der Waals surface area contributed by atoms with Gasteiger partial charge in [-0.3, -0.25) is 4.79 Å². The summed E-state index contributed by atoms with van der Waals surface area (Å²) in [5, 5.41) is 7.60. The second-order valence-electron chi connectivity index (χ2n) is 4.66. The molecule has 1 fully saturated rings. The molecule has 106 valence electrons. The van der Waals surface area contributed by atoms with Crippen LogP contribution in [-0.2, 0) is 10.0 Å². The minimum absolute atomic E-state index is 0.124. The van der Waals surface area contributed by atoms with Crippen LogP contribution in [-0.4, -0.2) is 31.2 Å². The van der Waals surface area contributed by atoms with Crippen molar-refractivity contribution in [3.05, 3.63) is 22.4 Å². The maximum absolute atomic E-state index is 12.0. The number of nitrogens with two attached hydrogens (primary N) is 1. The fraction of sp³-hybridized carbons (Fsp3) is 0.545. The third-order valence-corrected chi connectivity index (χ3v) is 4.17. The maximum Gasteiger partial charge on any atom is 0.267 e. The van der Waals surface area contributed by atoms with Crippen molar-refractivity contribution in [2.75, 3.05) is 12.3 Å². The lowest BCUT2D eigenvalue weighted by Crippen LogP contribution is -2.28. The topological polar surface area (TPSA) is 94.2 Å². The van der Waals surface area contributed by atoms with Crippen LogP contribution in [0.1, 0.15) is 35.8 Å². The molecule has 0 unspecified atom stereocenters. The van der Waals surface area contributed by atoms with E-state index >= 15 is 0 Å². The number of aromatic nitrogens is 1. The molecule has 1 aliphatic carbocycles. The monoisotopic (exact) mass is 349 g/mol. The minimum atomic E-state index is -3.46. The quantitative estimate of drug-likeness (QED) is 0.750. The van der Waals surface area contributed by atoms with E-state index in [1.165, 1.54) is 0 Å². The van der Waals surface area contributed by atoms with Crippen molar-refractivity contribution < 1.29 is 13.2 Å². The summed E-state index contributed by atoms with van der Waals surface area (Å²) in [5.74, 6) is -0.312. The van der Waals surface area contributed by atoms with Gasteiger partial charge in [-0.25, -0.2) is 13.6 Å². The lowest BCUT2D eigenvalue weighted by Gasteiger charge is -2.08. The van der Waals surface area contributed by atoms with E-state index in [1.807, 2.05) is 10.8 Å². The molecule has 19 heavy (non-hydrogen) atoms. The molecule has 1 heterocycles. The van der Waals surface area contributed by atoms with Gasteiger partial charge in [0.1, 0.15) is 5.69 Å². The van der Waals surface area contributed by atoms with Crippen LogP contribution < -0.4 is 10.5 Å². The lowest BCUT2D eigenvalue weighted by atomic mass is 10.3. The van der Waals surface area contributed by atoms with Gasteiger partial charge in [0.25, 0.3) is 5.91 Å². The van der Waals surface area contributed by atoms with Crippen molar-refractivity contribution in [2.45, 2.75) is 25.3 Å². The first-order valence-electron chi connectivity index (χ1n) is 6.03. The van der Waals surface area contributed by atoms with Gasteiger partial charge in [0.2, 0.25) is 10.0 Å². The Morgan fingerprint density at radius 3 is 2.79 bits per heavy atom. The Morgan fingerprint density at radius 1 is 1.53 bits per heavy atom. The van der Waals surface area contributed by atoms with Crippen LogP contribution in [0.2, 0.25) is 0 Å². The Balaban J connectivity index is 1.89.